The van der Waals surface area contributed by atoms with Gasteiger partial charge in [-0.25, -0.2) is 0 Å². The molecule has 1 rings (SSSR count). The summed E-state index contributed by atoms with van der Waals surface area (Å²) in [6, 6.07) is 1.94. The quantitative estimate of drug-likeness (QED) is 0.838. The van der Waals surface area contributed by atoms with E-state index in [2.05, 4.69) is 10.3 Å². The van der Waals surface area contributed by atoms with Crippen molar-refractivity contribution in [3.63, 3.8) is 0 Å². The Morgan fingerprint density at radius 2 is 1.85 bits per heavy atom. The number of hydrogen-bond acceptors (Lipinski definition) is 3. The van der Waals surface area contributed by atoms with Gasteiger partial charge in [-0.15, -0.1) is 0 Å². The largest absolute Gasteiger partial charge is 0.472 e. The van der Waals surface area contributed by atoms with Crippen molar-refractivity contribution in [1.82, 2.24) is 4.98 Å². The van der Waals surface area contributed by atoms with E-state index in [9.17, 15) is 13.2 Å². The number of anilines is 1. The molecule has 1 aromatic rings. The van der Waals surface area contributed by atoms with Crippen LogP contribution < -0.4 is 10.1 Å². The Labute approximate surface area is 117 Å². The van der Waals surface area contributed by atoms with Gasteiger partial charge in [0.1, 0.15) is 11.4 Å². The van der Waals surface area contributed by atoms with Crippen LogP contribution in [0.2, 0.25) is 0 Å². The van der Waals surface area contributed by atoms with Gasteiger partial charge >= 0.3 is 6.18 Å². The van der Waals surface area contributed by atoms with E-state index in [1.54, 1.807) is 0 Å². The molecule has 0 amide bonds. The van der Waals surface area contributed by atoms with Crippen LogP contribution in [0.1, 0.15) is 46.1 Å². The van der Waals surface area contributed by atoms with Gasteiger partial charge in [0, 0.05) is 12.6 Å². The van der Waals surface area contributed by atoms with Crippen LogP contribution in [-0.2, 0) is 6.18 Å². The van der Waals surface area contributed by atoms with E-state index in [1.807, 2.05) is 27.7 Å². The lowest BCUT2D eigenvalue weighted by Crippen LogP contribution is -2.27. The van der Waals surface area contributed by atoms with Crippen LogP contribution in [0, 0.1) is 0 Å². The van der Waals surface area contributed by atoms with Gasteiger partial charge in [-0.1, -0.05) is 13.8 Å². The summed E-state index contributed by atoms with van der Waals surface area (Å²) in [5.41, 5.74) is -1.31. The summed E-state index contributed by atoms with van der Waals surface area (Å²) in [5, 5.41) is 2.86. The lowest BCUT2D eigenvalue weighted by molar-refractivity contribution is -0.137. The van der Waals surface area contributed by atoms with Crippen LogP contribution in [0.4, 0.5) is 19.0 Å². The van der Waals surface area contributed by atoms with E-state index in [4.69, 9.17) is 4.74 Å². The zero-order chi connectivity index (χ0) is 15.4. The van der Waals surface area contributed by atoms with Crippen molar-refractivity contribution in [3.8, 4) is 5.88 Å². The van der Waals surface area contributed by atoms with E-state index in [1.165, 1.54) is 0 Å². The molecule has 1 aromatic heterocycles. The van der Waals surface area contributed by atoms with Gasteiger partial charge in [0.05, 0.1) is 5.56 Å². The van der Waals surface area contributed by atoms with Gasteiger partial charge in [-0.2, -0.15) is 18.2 Å². The van der Waals surface area contributed by atoms with Crippen LogP contribution in [0.15, 0.2) is 12.1 Å². The van der Waals surface area contributed by atoms with Crippen molar-refractivity contribution in [3.05, 3.63) is 17.7 Å². The lowest BCUT2D eigenvalue weighted by Gasteiger charge is -2.25. The molecule has 0 aliphatic heterocycles. The SMILES string of the molecule is CCCNc1cc(C(F)(F)F)cc(OC(C)(C)CC)n1. The fourth-order valence-electron chi connectivity index (χ4n) is 1.42. The predicted molar refractivity (Wildman–Crippen MR) is 73.0 cm³/mol. The molecule has 0 unspecified atom stereocenters. The maximum atomic E-state index is 12.9. The van der Waals surface area contributed by atoms with Crippen LogP contribution in [0.25, 0.3) is 0 Å². The standard InChI is InChI=1S/C14H21F3N2O/c1-5-7-18-11-8-10(14(15,16)17)9-12(19-11)20-13(3,4)6-2/h8-9H,5-7H2,1-4H3,(H,18,19). The molecule has 0 spiro atoms. The second-order valence-electron chi connectivity index (χ2n) is 5.22. The summed E-state index contributed by atoms with van der Waals surface area (Å²) in [6.07, 6.45) is -2.95. The Kier molecular flexibility index (Phi) is 5.25. The smallest absolute Gasteiger partial charge is 0.416 e. The van der Waals surface area contributed by atoms with Crippen molar-refractivity contribution in [2.24, 2.45) is 0 Å². The molecule has 0 fully saturated rings. The summed E-state index contributed by atoms with van der Waals surface area (Å²) < 4.78 is 44.2. The molecule has 0 bridgehead atoms. The number of halogens is 3. The van der Waals surface area contributed by atoms with Crippen LogP contribution in [-0.4, -0.2) is 17.1 Å². The van der Waals surface area contributed by atoms with Crippen molar-refractivity contribution >= 4 is 5.82 Å². The fourth-order valence-corrected chi connectivity index (χ4v) is 1.42. The Morgan fingerprint density at radius 3 is 2.35 bits per heavy atom. The normalized spacial score (nSPS) is 12.3. The third kappa shape index (κ3) is 4.90. The molecule has 20 heavy (non-hydrogen) atoms. The van der Waals surface area contributed by atoms with Crippen molar-refractivity contribution in [1.29, 1.82) is 0 Å². The second kappa shape index (κ2) is 6.33. The first-order chi connectivity index (χ1) is 9.18. The summed E-state index contributed by atoms with van der Waals surface area (Å²) in [4.78, 5) is 4.08. The van der Waals surface area contributed by atoms with Crippen LogP contribution in [0.5, 0.6) is 5.88 Å². The van der Waals surface area contributed by atoms with Gasteiger partial charge in [-0.05, 0) is 32.8 Å². The molecule has 0 atom stereocenters. The molecule has 0 aromatic carbocycles. The minimum absolute atomic E-state index is 0.00900. The first-order valence-corrected chi connectivity index (χ1v) is 6.70. The summed E-state index contributed by atoms with van der Waals surface area (Å²) in [7, 11) is 0. The minimum Gasteiger partial charge on any atom is -0.472 e. The number of pyridine rings is 1. The number of ether oxygens (including phenoxy) is 1. The average Bonchev–Trinajstić information content (AvgIpc) is 2.34. The molecule has 1 heterocycles. The Morgan fingerprint density at radius 1 is 1.20 bits per heavy atom. The lowest BCUT2D eigenvalue weighted by atomic mass is 10.1. The molecule has 114 valence electrons. The molecule has 1 N–H and O–H groups in total. The summed E-state index contributed by atoms with van der Waals surface area (Å²) in [5.74, 6) is 0.175. The van der Waals surface area contributed by atoms with Gasteiger partial charge < -0.3 is 10.1 Å². The predicted octanol–water partition coefficient (Wildman–Crippen LogP) is 4.49. The van der Waals surface area contributed by atoms with Gasteiger partial charge in [0.25, 0.3) is 0 Å². The highest BCUT2D eigenvalue weighted by atomic mass is 19.4. The molecular weight excluding hydrogens is 269 g/mol. The number of nitrogens with one attached hydrogen (secondary N) is 1. The first kappa shape index (κ1) is 16.6. The third-order valence-corrected chi connectivity index (χ3v) is 2.92. The van der Waals surface area contributed by atoms with E-state index in [-0.39, 0.29) is 11.7 Å². The summed E-state index contributed by atoms with van der Waals surface area (Å²) in [6.45, 7) is 8.02. The van der Waals surface area contributed by atoms with Gasteiger partial charge in [-0.3, -0.25) is 0 Å². The molecule has 0 saturated heterocycles. The average molecular weight is 290 g/mol. The number of hydrogen-bond donors (Lipinski definition) is 1. The zero-order valence-corrected chi connectivity index (χ0v) is 12.3. The van der Waals surface area contributed by atoms with Crippen molar-refractivity contribution < 1.29 is 17.9 Å². The second-order valence-corrected chi connectivity index (χ2v) is 5.22. The number of alkyl halides is 3. The number of rotatable bonds is 6. The molecular formula is C14H21F3N2O. The Bertz CT molecular complexity index is 445. The van der Waals surface area contributed by atoms with E-state index >= 15 is 0 Å². The van der Waals surface area contributed by atoms with Crippen molar-refractivity contribution in [2.75, 3.05) is 11.9 Å². The number of aromatic nitrogens is 1. The Balaban J connectivity index is 3.10. The maximum absolute atomic E-state index is 12.9. The Hall–Kier alpha value is -1.46. The summed E-state index contributed by atoms with van der Waals surface area (Å²) >= 11 is 0. The van der Waals surface area contributed by atoms with Crippen molar-refractivity contribution in [2.45, 2.75) is 52.3 Å². The molecule has 0 aliphatic rings. The first-order valence-electron chi connectivity index (χ1n) is 6.70. The van der Waals surface area contributed by atoms with E-state index in [0.29, 0.717) is 13.0 Å². The minimum atomic E-state index is -4.42. The fraction of sp³-hybridized carbons (Fsp3) is 0.643. The zero-order valence-electron chi connectivity index (χ0n) is 12.3. The monoisotopic (exact) mass is 290 g/mol. The molecule has 6 heteroatoms. The van der Waals surface area contributed by atoms with Crippen LogP contribution >= 0.6 is 0 Å². The maximum Gasteiger partial charge on any atom is 0.416 e. The highest BCUT2D eigenvalue weighted by Gasteiger charge is 2.32. The molecule has 0 saturated carbocycles. The molecule has 3 nitrogen and oxygen atoms in total. The molecule has 0 aliphatic carbocycles. The van der Waals surface area contributed by atoms with Gasteiger partial charge in [0.15, 0.2) is 0 Å². The highest BCUT2D eigenvalue weighted by molar-refractivity contribution is 5.42. The third-order valence-electron chi connectivity index (χ3n) is 2.92. The van der Waals surface area contributed by atoms with E-state index in [0.717, 1.165) is 18.6 Å². The number of nitrogens with zero attached hydrogens (tertiary/aromatic N) is 1. The van der Waals surface area contributed by atoms with Gasteiger partial charge in [0.2, 0.25) is 5.88 Å². The van der Waals surface area contributed by atoms with E-state index < -0.39 is 17.3 Å². The van der Waals surface area contributed by atoms with Crippen LogP contribution in [0.3, 0.4) is 0 Å². The highest BCUT2D eigenvalue weighted by Crippen LogP contribution is 2.33. The topological polar surface area (TPSA) is 34.1 Å². The molecule has 0 radical (unpaired) electrons.